The molecule has 1 spiro atoms. The van der Waals surface area contributed by atoms with Gasteiger partial charge in [-0.05, 0) is 52.2 Å². The van der Waals surface area contributed by atoms with Gasteiger partial charge < -0.3 is 9.64 Å². The van der Waals surface area contributed by atoms with Crippen LogP contribution in [-0.2, 0) is 19.6 Å². The Hall–Kier alpha value is -1.64. The van der Waals surface area contributed by atoms with Gasteiger partial charge in [-0.2, -0.15) is 0 Å². The van der Waals surface area contributed by atoms with Gasteiger partial charge in [0.05, 0.1) is 10.7 Å². The fraction of sp³-hybridized carbons (Fsp3) is 0.708. The van der Waals surface area contributed by atoms with Crippen molar-refractivity contribution in [3.8, 4) is 0 Å². The Labute approximate surface area is 192 Å². The van der Waals surface area contributed by atoms with E-state index in [0.717, 1.165) is 45.6 Å². The van der Waals surface area contributed by atoms with E-state index in [0.29, 0.717) is 25.9 Å². The predicted molar refractivity (Wildman–Crippen MR) is 126 cm³/mol. The zero-order chi connectivity index (χ0) is 22.9. The second-order valence-corrected chi connectivity index (χ2v) is 12.4. The molecule has 3 aliphatic heterocycles. The molecule has 0 saturated carbocycles. The van der Waals surface area contributed by atoms with E-state index in [1.165, 1.54) is 11.3 Å². The van der Waals surface area contributed by atoms with Crippen LogP contribution in [0.15, 0.2) is 24.3 Å². The van der Waals surface area contributed by atoms with Gasteiger partial charge in [-0.1, -0.05) is 17.7 Å². The highest BCUT2D eigenvalue weighted by atomic mass is 32.2. The highest BCUT2D eigenvalue weighted by molar-refractivity contribution is 7.89. The molecular formula is C24H37N3O4S. The molecule has 1 aromatic rings. The molecule has 0 amide bonds. The van der Waals surface area contributed by atoms with Crippen LogP contribution >= 0.6 is 0 Å². The Morgan fingerprint density at radius 1 is 1.03 bits per heavy atom. The Morgan fingerprint density at radius 2 is 1.66 bits per heavy atom. The van der Waals surface area contributed by atoms with E-state index >= 15 is 0 Å². The molecule has 8 heteroatoms. The first kappa shape index (κ1) is 23.5. The third-order valence-electron chi connectivity index (χ3n) is 7.50. The lowest BCUT2D eigenvalue weighted by Gasteiger charge is -2.37. The molecule has 7 nitrogen and oxygen atoms in total. The lowest BCUT2D eigenvalue weighted by atomic mass is 9.76. The van der Waals surface area contributed by atoms with Crippen molar-refractivity contribution in [3.63, 3.8) is 0 Å². The van der Waals surface area contributed by atoms with Crippen molar-refractivity contribution in [3.05, 3.63) is 29.8 Å². The van der Waals surface area contributed by atoms with Crippen LogP contribution in [0.25, 0.3) is 0 Å². The third-order valence-corrected chi connectivity index (χ3v) is 9.78. The van der Waals surface area contributed by atoms with Gasteiger partial charge in [0.2, 0.25) is 10.0 Å². The zero-order valence-electron chi connectivity index (χ0n) is 19.6. The van der Waals surface area contributed by atoms with Crippen molar-refractivity contribution in [2.75, 3.05) is 50.7 Å². The van der Waals surface area contributed by atoms with Crippen LogP contribution in [0.4, 0.5) is 5.69 Å². The first-order chi connectivity index (χ1) is 15.2. The van der Waals surface area contributed by atoms with Gasteiger partial charge in [0, 0.05) is 57.9 Å². The van der Waals surface area contributed by atoms with Gasteiger partial charge in [-0.3, -0.25) is 9.69 Å². The summed E-state index contributed by atoms with van der Waals surface area (Å²) in [5, 5.41) is -0.425. The SMILES string of the molecule is Cc1ccc(N2CCN(CCC3CC4(CCN(S(=O)(=O)C(C)C)CC4)C(=O)O3)CC2)cc1. The van der Waals surface area contributed by atoms with E-state index in [1.807, 2.05) is 0 Å². The number of hydrogen-bond acceptors (Lipinski definition) is 6. The van der Waals surface area contributed by atoms with Gasteiger partial charge in [-0.25, -0.2) is 12.7 Å². The van der Waals surface area contributed by atoms with Gasteiger partial charge in [0.15, 0.2) is 0 Å². The number of carbonyl (C=O) groups excluding carboxylic acids is 1. The molecule has 1 atom stereocenters. The summed E-state index contributed by atoms with van der Waals surface area (Å²) in [5.74, 6) is -0.117. The molecule has 3 heterocycles. The largest absolute Gasteiger partial charge is 0.462 e. The Kier molecular flexibility index (Phi) is 6.84. The molecule has 178 valence electrons. The smallest absolute Gasteiger partial charge is 0.312 e. The Balaban J connectivity index is 1.23. The molecule has 4 rings (SSSR count). The molecule has 3 aliphatic rings. The minimum Gasteiger partial charge on any atom is -0.462 e. The molecule has 1 aromatic carbocycles. The Bertz CT molecular complexity index is 900. The van der Waals surface area contributed by atoms with E-state index < -0.39 is 20.7 Å². The van der Waals surface area contributed by atoms with Crippen LogP contribution in [0.5, 0.6) is 0 Å². The molecule has 0 aliphatic carbocycles. The van der Waals surface area contributed by atoms with Crippen molar-refractivity contribution in [1.29, 1.82) is 0 Å². The van der Waals surface area contributed by atoms with Crippen molar-refractivity contribution in [1.82, 2.24) is 9.21 Å². The summed E-state index contributed by atoms with van der Waals surface area (Å²) >= 11 is 0. The molecule has 1 unspecified atom stereocenters. The average Bonchev–Trinajstić information content (AvgIpc) is 3.08. The van der Waals surface area contributed by atoms with Gasteiger partial charge >= 0.3 is 5.97 Å². The quantitative estimate of drug-likeness (QED) is 0.604. The fourth-order valence-corrected chi connectivity index (χ4v) is 6.47. The van der Waals surface area contributed by atoms with Crippen molar-refractivity contribution < 1.29 is 17.9 Å². The minimum atomic E-state index is -3.26. The summed E-state index contributed by atoms with van der Waals surface area (Å²) in [6.07, 6.45) is 2.68. The Morgan fingerprint density at radius 3 is 2.25 bits per heavy atom. The lowest BCUT2D eigenvalue weighted by molar-refractivity contribution is -0.150. The van der Waals surface area contributed by atoms with Crippen LogP contribution in [0.2, 0.25) is 0 Å². The molecule has 3 saturated heterocycles. The lowest BCUT2D eigenvalue weighted by Crippen LogP contribution is -2.47. The summed E-state index contributed by atoms with van der Waals surface area (Å²) in [5.41, 5.74) is 2.08. The van der Waals surface area contributed by atoms with E-state index in [2.05, 4.69) is 41.0 Å². The summed E-state index contributed by atoms with van der Waals surface area (Å²) in [6, 6.07) is 8.71. The average molecular weight is 464 g/mol. The first-order valence-electron chi connectivity index (χ1n) is 11.9. The molecule has 32 heavy (non-hydrogen) atoms. The number of anilines is 1. The molecule has 3 fully saturated rings. The van der Waals surface area contributed by atoms with Gasteiger partial charge in [0.25, 0.3) is 0 Å². The van der Waals surface area contributed by atoms with E-state index in [4.69, 9.17) is 4.74 Å². The van der Waals surface area contributed by atoms with Crippen LogP contribution in [-0.4, -0.2) is 80.8 Å². The number of nitrogens with zero attached hydrogens (tertiary/aromatic N) is 3. The van der Waals surface area contributed by atoms with E-state index in [-0.39, 0.29) is 12.1 Å². The number of aryl methyl sites for hydroxylation is 1. The van der Waals surface area contributed by atoms with Crippen molar-refractivity contribution >= 4 is 21.7 Å². The second-order valence-electron chi connectivity index (χ2n) is 9.96. The summed E-state index contributed by atoms with van der Waals surface area (Å²) in [4.78, 5) is 17.6. The maximum atomic E-state index is 12.7. The standard InChI is InChI=1S/C24H37N3O4S/c1-19(2)32(29,30)27-12-9-24(10-13-27)18-22(31-23(24)28)8-11-25-14-16-26(17-15-25)21-6-4-20(3)5-7-21/h4-7,19,22H,8-18H2,1-3H3. The highest BCUT2D eigenvalue weighted by Gasteiger charge is 2.51. The van der Waals surface area contributed by atoms with Gasteiger partial charge in [0.1, 0.15) is 6.10 Å². The number of sulfonamides is 1. The topological polar surface area (TPSA) is 70.2 Å². The van der Waals surface area contributed by atoms with E-state index in [9.17, 15) is 13.2 Å². The number of rotatable bonds is 6. The van der Waals surface area contributed by atoms with Crippen LogP contribution in [0, 0.1) is 12.3 Å². The zero-order valence-corrected chi connectivity index (χ0v) is 20.4. The number of ether oxygens (including phenoxy) is 1. The third kappa shape index (κ3) is 4.82. The van der Waals surface area contributed by atoms with Gasteiger partial charge in [-0.15, -0.1) is 0 Å². The maximum Gasteiger partial charge on any atom is 0.312 e. The number of benzene rings is 1. The monoisotopic (exact) mass is 463 g/mol. The van der Waals surface area contributed by atoms with E-state index in [1.54, 1.807) is 18.2 Å². The van der Waals surface area contributed by atoms with Crippen LogP contribution in [0.1, 0.15) is 45.1 Å². The van der Waals surface area contributed by atoms with Crippen molar-refractivity contribution in [2.24, 2.45) is 5.41 Å². The maximum absolute atomic E-state index is 12.7. The number of esters is 1. The molecule has 0 radical (unpaired) electrons. The molecule has 0 N–H and O–H groups in total. The van der Waals surface area contributed by atoms with Crippen molar-refractivity contribution in [2.45, 2.75) is 57.8 Å². The number of piperidine rings is 1. The first-order valence-corrected chi connectivity index (χ1v) is 13.4. The molecule has 0 bridgehead atoms. The number of piperazine rings is 1. The predicted octanol–water partition coefficient (Wildman–Crippen LogP) is 2.64. The molecule has 0 aromatic heterocycles. The molecular weight excluding hydrogens is 426 g/mol. The summed E-state index contributed by atoms with van der Waals surface area (Å²) in [6.45, 7) is 11.4. The summed E-state index contributed by atoms with van der Waals surface area (Å²) in [7, 11) is -3.26. The number of carbonyl (C=O) groups is 1. The highest BCUT2D eigenvalue weighted by Crippen LogP contribution is 2.44. The van der Waals surface area contributed by atoms with Crippen LogP contribution in [0.3, 0.4) is 0 Å². The minimum absolute atomic E-state index is 0.0501. The second kappa shape index (κ2) is 9.31. The van der Waals surface area contributed by atoms with Crippen LogP contribution < -0.4 is 4.90 Å². The normalized spacial score (nSPS) is 24.9. The number of cyclic esters (lactones) is 1. The number of hydrogen-bond donors (Lipinski definition) is 0. The summed E-state index contributed by atoms with van der Waals surface area (Å²) < 4.78 is 32.2. The fourth-order valence-electron chi connectivity index (χ4n) is 5.19.